The third kappa shape index (κ3) is 4.19. The molecule has 0 bridgehead atoms. The van der Waals surface area contributed by atoms with Gasteiger partial charge in [0.05, 0.1) is 5.92 Å². The van der Waals surface area contributed by atoms with Gasteiger partial charge in [0, 0.05) is 13.7 Å². The number of rotatable bonds is 7. The van der Waals surface area contributed by atoms with Crippen LogP contribution >= 0.6 is 0 Å². The number of unbranched alkanes of at least 4 members (excludes halogenated alkanes) is 1. The Morgan fingerprint density at radius 2 is 2.06 bits per heavy atom. The molecule has 1 N–H and O–H groups in total. The fraction of sp³-hybridized carbons (Fsp3) is 0.500. The lowest BCUT2D eigenvalue weighted by Crippen LogP contribution is -2.13. The first-order valence-corrected chi connectivity index (χ1v) is 5.94. The van der Waals surface area contributed by atoms with E-state index in [1.165, 1.54) is 0 Å². The lowest BCUT2D eigenvalue weighted by Gasteiger charge is -2.14. The molecule has 0 heterocycles. The van der Waals surface area contributed by atoms with Gasteiger partial charge in [-0.05, 0) is 37.3 Å². The molecule has 0 aliphatic heterocycles. The quantitative estimate of drug-likeness (QED) is 0.740. The molecule has 0 saturated heterocycles. The van der Waals surface area contributed by atoms with Gasteiger partial charge in [-0.15, -0.1) is 0 Å². The van der Waals surface area contributed by atoms with Crippen LogP contribution in [0.15, 0.2) is 24.3 Å². The molecule has 0 amide bonds. The van der Waals surface area contributed by atoms with E-state index in [0.717, 1.165) is 24.0 Å². The van der Waals surface area contributed by atoms with E-state index in [2.05, 4.69) is 0 Å². The molecule has 3 heteroatoms. The Morgan fingerprint density at radius 3 is 2.65 bits per heavy atom. The van der Waals surface area contributed by atoms with E-state index >= 15 is 0 Å². The van der Waals surface area contributed by atoms with Crippen molar-refractivity contribution in [2.24, 2.45) is 0 Å². The number of aryl methyl sites for hydroxylation is 1. The van der Waals surface area contributed by atoms with Crippen LogP contribution in [0.1, 0.15) is 36.3 Å². The molecule has 0 radical (unpaired) electrons. The van der Waals surface area contributed by atoms with Crippen LogP contribution in [0.2, 0.25) is 0 Å². The SMILES string of the molecule is COCCCCC(C(=O)O)c1ccccc1C. The Morgan fingerprint density at radius 1 is 1.35 bits per heavy atom. The van der Waals surface area contributed by atoms with Crippen molar-refractivity contribution in [3.05, 3.63) is 35.4 Å². The van der Waals surface area contributed by atoms with E-state index in [0.29, 0.717) is 13.0 Å². The molecule has 1 aromatic rings. The van der Waals surface area contributed by atoms with Gasteiger partial charge in [-0.3, -0.25) is 4.79 Å². The molecule has 0 spiro atoms. The molecule has 3 nitrogen and oxygen atoms in total. The maximum atomic E-state index is 11.3. The van der Waals surface area contributed by atoms with E-state index in [-0.39, 0.29) is 0 Å². The lowest BCUT2D eigenvalue weighted by atomic mass is 9.90. The second kappa shape index (κ2) is 7.07. The number of benzene rings is 1. The van der Waals surface area contributed by atoms with Crippen LogP contribution in [0.3, 0.4) is 0 Å². The number of hydrogen-bond donors (Lipinski definition) is 1. The minimum Gasteiger partial charge on any atom is -0.481 e. The number of methoxy groups -OCH3 is 1. The minimum absolute atomic E-state index is 0.395. The maximum Gasteiger partial charge on any atom is 0.310 e. The van der Waals surface area contributed by atoms with Gasteiger partial charge in [0.2, 0.25) is 0 Å². The van der Waals surface area contributed by atoms with Crippen molar-refractivity contribution in [2.45, 2.75) is 32.1 Å². The van der Waals surface area contributed by atoms with Gasteiger partial charge in [-0.2, -0.15) is 0 Å². The van der Waals surface area contributed by atoms with Crippen LogP contribution in [0.25, 0.3) is 0 Å². The Labute approximate surface area is 102 Å². The van der Waals surface area contributed by atoms with Crippen molar-refractivity contribution >= 4 is 5.97 Å². The standard InChI is InChI=1S/C14H20O3/c1-11-7-3-4-8-12(11)13(14(15)16)9-5-6-10-17-2/h3-4,7-8,13H,5-6,9-10H2,1-2H3,(H,15,16). The molecule has 0 fully saturated rings. The third-order valence-electron chi connectivity index (χ3n) is 2.95. The van der Waals surface area contributed by atoms with E-state index in [1.807, 2.05) is 31.2 Å². The average molecular weight is 236 g/mol. The van der Waals surface area contributed by atoms with E-state index in [4.69, 9.17) is 4.74 Å². The van der Waals surface area contributed by atoms with Crippen LogP contribution < -0.4 is 0 Å². The summed E-state index contributed by atoms with van der Waals surface area (Å²) in [5.41, 5.74) is 1.98. The number of carbonyl (C=O) groups is 1. The number of carboxylic acid groups (broad SMARTS) is 1. The highest BCUT2D eigenvalue weighted by atomic mass is 16.5. The summed E-state index contributed by atoms with van der Waals surface area (Å²) >= 11 is 0. The van der Waals surface area contributed by atoms with Crippen molar-refractivity contribution in [3.8, 4) is 0 Å². The Balaban J connectivity index is 2.66. The van der Waals surface area contributed by atoms with E-state index in [1.54, 1.807) is 7.11 Å². The summed E-state index contributed by atoms with van der Waals surface area (Å²) in [6.45, 7) is 2.65. The Hall–Kier alpha value is -1.35. The highest BCUT2D eigenvalue weighted by Gasteiger charge is 2.20. The third-order valence-corrected chi connectivity index (χ3v) is 2.95. The smallest absolute Gasteiger partial charge is 0.310 e. The first-order valence-electron chi connectivity index (χ1n) is 5.94. The van der Waals surface area contributed by atoms with Gasteiger partial charge in [-0.25, -0.2) is 0 Å². The average Bonchev–Trinajstić information content (AvgIpc) is 2.30. The zero-order valence-corrected chi connectivity index (χ0v) is 10.5. The van der Waals surface area contributed by atoms with Crippen LogP contribution in [-0.2, 0) is 9.53 Å². The first-order chi connectivity index (χ1) is 8.16. The second-order valence-corrected chi connectivity index (χ2v) is 4.24. The van der Waals surface area contributed by atoms with E-state index in [9.17, 15) is 9.90 Å². The maximum absolute atomic E-state index is 11.3. The van der Waals surface area contributed by atoms with Crippen molar-refractivity contribution in [3.63, 3.8) is 0 Å². The van der Waals surface area contributed by atoms with Gasteiger partial charge in [0.25, 0.3) is 0 Å². The molecule has 0 aliphatic rings. The number of hydrogen-bond acceptors (Lipinski definition) is 2. The predicted molar refractivity (Wildman–Crippen MR) is 67.3 cm³/mol. The monoisotopic (exact) mass is 236 g/mol. The molecule has 0 saturated carbocycles. The molecule has 17 heavy (non-hydrogen) atoms. The highest BCUT2D eigenvalue weighted by Crippen LogP contribution is 2.25. The van der Waals surface area contributed by atoms with Crippen molar-refractivity contribution in [2.75, 3.05) is 13.7 Å². The van der Waals surface area contributed by atoms with Gasteiger partial charge < -0.3 is 9.84 Å². The molecule has 1 unspecified atom stereocenters. The zero-order chi connectivity index (χ0) is 12.7. The molecule has 94 valence electrons. The van der Waals surface area contributed by atoms with Gasteiger partial charge >= 0.3 is 5.97 Å². The summed E-state index contributed by atoms with van der Waals surface area (Å²) in [5.74, 6) is -1.13. The predicted octanol–water partition coefficient (Wildman–Crippen LogP) is 2.98. The number of aliphatic carboxylic acids is 1. The Kier molecular flexibility index (Phi) is 5.70. The van der Waals surface area contributed by atoms with Crippen LogP contribution in [0.5, 0.6) is 0 Å². The summed E-state index contributed by atoms with van der Waals surface area (Å²) in [7, 11) is 1.66. The van der Waals surface area contributed by atoms with Crippen molar-refractivity contribution in [1.82, 2.24) is 0 Å². The summed E-state index contributed by atoms with van der Waals surface area (Å²) in [6.07, 6.45) is 2.45. The van der Waals surface area contributed by atoms with Crippen molar-refractivity contribution < 1.29 is 14.6 Å². The van der Waals surface area contributed by atoms with Gasteiger partial charge in [0.1, 0.15) is 0 Å². The normalized spacial score (nSPS) is 12.4. The number of carboxylic acids is 1. The fourth-order valence-corrected chi connectivity index (χ4v) is 1.98. The minimum atomic E-state index is -0.739. The van der Waals surface area contributed by atoms with Crippen LogP contribution in [0.4, 0.5) is 0 Å². The van der Waals surface area contributed by atoms with Crippen molar-refractivity contribution in [1.29, 1.82) is 0 Å². The molecule has 1 atom stereocenters. The zero-order valence-electron chi connectivity index (χ0n) is 10.5. The van der Waals surface area contributed by atoms with Crippen LogP contribution in [-0.4, -0.2) is 24.8 Å². The highest BCUT2D eigenvalue weighted by molar-refractivity contribution is 5.76. The lowest BCUT2D eigenvalue weighted by molar-refractivity contribution is -0.139. The molecule has 0 aliphatic carbocycles. The molecule has 1 aromatic carbocycles. The van der Waals surface area contributed by atoms with E-state index < -0.39 is 11.9 Å². The van der Waals surface area contributed by atoms with Crippen LogP contribution in [0, 0.1) is 6.92 Å². The largest absolute Gasteiger partial charge is 0.481 e. The second-order valence-electron chi connectivity index (χ2n) is 4.24. The number of ether oxygens (including phenoxy) is 1. The fourth-order valence-electron chi connectivity index (χ4n) is 1.98. The Bertz CT molecular complexity index is 360. The molecular formula is C14H20O3. The first kappa shape index (κ1) is 13.7. The summed E-state index contributed by atoms with van der Waals surface area (Å²) in [6, 6.07) is 7.70. The molecule has 0 aromatic heterocycles. The molecular weight excluding hydrogens is 216 g/mol. The van der Waals surface area contributed by atoms with Gasteiger partial charge in [0.15, 0.2) is 0 Å². The summed E-state index contributed by atoms with van der Waals surface area (Å²) in [5, 5.41) is 9.28. The topological polar surface area (TPSA) is 46.5 Å². The summed E-state index contributed by atoms with van der Waals surface area (Å²) < 4.78 is 4.97. The van der Waals surface area contributed by atoms with Gasteiger partial charge in [-0.1, -0.05) is 24.3 Å². The molecule has 1 rings (SSSR count). The summed E-state index contributed by atoms with van der Waals surface area (Å²) in [4.78, 5) is 11.3.